The summed E-state index contributed by atoms with van der Waals surface area (Å²) in [5, 5.41) is 2.61. The number of aryl methyl sites for hydroxylation is 2. The molecule has 1 aliphatic heterocycles. The number of rotatable bonds is 4. The number of piperazine rings is 1. The molecule has 0 saturated carbocycles. The van der Waals surface area contributed by atoms with Crippen LogP contribution in [0.3, 0.4) is 0 Å². The molecule has 1 aliphatic rings. The standard InChI is InChI=1S/C19H26N6O/c1-13-11-22-18(20)10-15(13)12-24-6-8-25(9-7-24)17-5-4-16(19(26)21-3)23-14(17)2/h4-5,10-11H,6-9,12H2,1-3H3,(H2,20,22)(H,21,26). The summed E-state index contributed by atoms with van der Waals surface area (Å²) in [6.45, 7) is 8.72. The highest BCUT2D eigenvalue weighted by atomic mass is 16.1. The molecule has 3 heterocycles. The SMILES string of the molecule is CNC(=O)c1ccc(N2CCN(Cc3cc(N)ncc3C)CC2)c(C)n1. The Morgan fingerprint density at radius 3 is 2.62 bits per heavy atom. The van der Waals surface area contributed by atoms with Gasteiger partial charge in [-0.05, 0) is 43.2 Å². The van der Waals surface area contributed by atoms with Gasteiger partial charge in [0.1, 0.15) is 11.5 Å². The number of aromatic nitrogens is 2. The fraction of sp³-hybridized carbons (Fsp3) is 0.421. The zero-order valence-electron chi connectivity index (χ0n) is 15.6. The van der Waals surface area contributed by atoms with Crippen molar-refractivity contribution in [3.05, 3.63) is 46.9 Å². The number of amides is 1. The quantitative estimate of drug-likeness (QED) is 0.862. The van der Waals surface area contributed by atoms with Crippen LogP contribution in [0.1, 0.15) is 27.3 Å². The van der Waals surface area contributed by atoms with Gasteiger partial charge >= 0.3 is 0 Å². The Balaban J connectivity index is 1.63. The van der Waals surface area contributed by atoms with E-state index in [1.54, 1.807) is 13.1 Å². The topological polar surface area (TPSA) is 87.4 Å². The van der Waals surface area contributed by atoms with Crippen LogP contribution < -0.4 is 16.0 Å². The molecule has 1 amide bonds. The van der Waals surface area contributed by atoms with Crippen molar-refractivity contribution < 1.29 is 4.79 Å². The molecule has 0 aliphatic carbocycles. The van der Waals surface area contributed by atoms with Crippen LogP contribution in [0.25, 0.3) is 0 Å². The average molecular weight is 354 g/mol. The van der Waals surface area contributed by atoms with Crippen LogP contribution >= 0.6 is 0 Å². The molecule has 1 saturated heterocycles. The zero-order chi connectivity index (χ0) is 18.7. The van der Waals surface area contributed by atoms with E-state index in [1.165, 1.54) is 11.1 Å². The smallest absolute Gasteiger partial charge is 0.269 e. The number of carbonyl (C=O) groups excluding carboxylic acids is 1. The Morgan fingerprint density at radius 1 is 1.23 bits per heavy atom. The molecule has 0 bridgehead atoms. The van der Waals surface area contributed by atoms with E-state index in [0.29, 0.717) is 11.5 Å². The fourth-order valence-electron chi connectivity index (χ4n) is 3.28. The normalized spacial score (nSPS) is 15.1. The molecular weight excluding hydrogens is 328 g/mol. The molecule has 138 valence electrons. The summed E-state index contributed by atoms with van der Waals surface area (Å²) in [5.74, 6) is 0.415. The molecular formula is C19H26N6O. The van der Waals surface area contributed by atoms with E-state index in [0.717, 1.165) is 44.1 Å². The Kier molecular flexibility index (Phi) is 5.37. The first kappa shape index (κ1) is 18.1. The van der Waals surface area contributed by atoms with Gasteiger partial charge in [-0.25, -0.2) is 9.97 Å². The lowest BCUT2D eigenvalue weighted by Crippen LogP contribution is -2.46. The highest BCUT2D eigenvalue weighted by Crippen LogP contribution is 2.21. The largest absolute Gasteiger partial charge is 0.384 e. The highest BCUT2D eigenvalue weighted by molar-refractivity contribution is 5.92. The van der Waals surface area contributed by atoms with Crippen LogP contribution in [0.2, 0.25) is 0 Å². The zero-order valence-corrected chi connectivity index (χ0v) is 15.6. The van der Waals surface area contributed by atoms with Crippen molar-refractivity contribution in [3.8, 4) is 0 Å². The maximum Gasteiger partial charge on any atom is 0.269 e. The summed E-state index contributed by atoms with van der Waals surface area (Å²) in [6.07, 6.45) is 1.84. The molecule has 3 rings (SSSR count). The van der Waals surface area contributed by atoms with Crippen LogP contribution in [-0.2, 0) is 6.54 Å². The van der Waals surface area contributed by atoms with Crippen molar-refractivity contribution in [3.63, 3.8) is 0 Å². The number of pyridine rings is 2. The summed E-state index contributed by atoms with van der Waals surface area (Å²) in [6, 6.07) is 5.75. The summed E-state index contributed by atoms with van der Waals surface area (Å²) in [4.78, 5) is 25.1. The number of nitrogen functional groups attached to an aromatic ring is 1. The molecule has 3 N–H and O–H groups in total. The second-order valence-electron chi connectivity index (χ2n) is 6.68. The van der Waals surface area contributed by atoms with Crippen molar-refractivity contribution in [2.75, 3.05) is 43.9 Å². The second kappa shape index (κ2) is 7.70. The second-order valence-corrected chi connectivity index (χ2v) is 6.68. The van der Waals surface area contributed by atoms with E-state index in [2.05, 4.69) is 32.0 Å². The number of nitrogens with two attached hydrogens (primary N) is 1. The van der Waals surface area contributed by atoms with Crippen molar-refractivity contribution in [1.82, 2.24) is 20.2 Å². The molecule has 0 spiro atoms. The lowest BCUT2D eigenvalue weighted by atomic mass is 10.1. The predicted molar refractivity (Wildman–Crippen MR) is 103 cm³/mol. The maximum absolute atomic E-state index is 11.7. The van der Waals surface area contributed by atoms with E-state index in [4.69, 9.17) is 5.73 Å². The van der Waals surface area contributed by atoms with Gasteiger partial charge in [-0.1, -0.05) is 0 Å². The molecule has 2 aromatic heterocycles. The highest BCUT2D eigenvalue weighted by Gasteiger charge is 2.20. The fourth-order valence-corrected chi connectivity index (χ4v) is 3.28. The number of hydrogen-bond donors (Lipinski definition) is 2. The molecule has 0 radical (unpaired) electrons. The lowest BCUT2D eigenvalue weighted by molar-refractivity contribution is 0.0958. The van der Waals surface area contributed by atoms with Gasteiger partial charge in [0.05, 0.1) is 11.4 Å². The summed E-state index contributed by atoms with van der Waals surface area (Å²) in [5.41, 5.74) is 10.7. The van der Waals surface area contributed by atoms with Gasteiger partial charge < -0.3 is 16.0 Å². The van der Waals surface area contributed by atoms with Crippen LogP contribution in [0.5, 0.6) is 0 Å². The van der Waals surface area contributed by atoms with Gasteiger partial charge in [0.2, 0.25) is 0 Å². The van der Waals surface area contributed by atoms with Crippen LogP contribution in [0, 0.1) is 13.8 Å². The summed E-state index contributed by atoms with van der Waals surface area (Å²) >= 11 is 0. The molecule has 0 unspecified atom stereocenters. The van der Waals surface area contributed by atoms with E-state index in [9.17, 15) is 4.79 Å². The third-order valence-electron chi connectivity index (χ3n) is 4.86. The first-order chi connectivity index (χ1) is 12.5. The first-order valence-electron chi connectivity index (χ1n) is 8.86. The summed E-state index contributed by atoms with van der Waals surface area (Å²) in [7, 11) is 1.62. The van der Waals surface area contributed by atoms with Gasteiger partial charge in [-0.15, -0.1) is 0 Å². The minimum absolute atomic E-state index is 0.156. The van der Waals surface area contributed by atoms with Crippen LogP contribution in [0.4, 0.5) is 11.5 Å². The number of carbonyl (C=O) groups is 1. The molecule has 26 heavy (non-hydrogen) atoms. The van der Waals surface area contributed by atoms with Crippen molar-refractivity contribution in [2.24, 2.45) is 0 Å². The Labute approximate surface area is 154 Å². The average Bonchev–Trinajstić information content (AvgIpc) is 2.65. The van der Waals surface area contributed by atoms with Crippen molar-refractivity contribution in [1.29, 1.82) is 0 Å². The number of anilines is 2. The molecule has 7 nitrogen and oxygen atoms in total. The minimum Gasteiger partial charge on any atom is -0.384 e. The maximum atomic E-state index is 11.7. The Hall–Kier alpha value is -2.67. The molecule has 2 aromatic rings. The predicted octanol–water partition coefficient (Wildman–Crippen LogP) is 1.36. The van der Waals surface area contributed by atoms with E-state index in [1.807, 2.05) is 25.3 Å². The van der Waals surface area contributed by atoms with Crippen LogP contribution in [-0.4, -0.2) is 54.0 Å². The molecule has 7 heteroatoms. The molecule has 1 fully saturated rings. The number of nitrogens with one attached hydrogen (secondary N) is 1. The minimum atomic E-state index is -0.156. The molecule has 0 aromatic carbocycles. The van der Waals surface area contributed by atoms with Crippen molar-refractivity contribution in [2.45, 2.75) is 20.4 Å². The van der Waals surface area contributed by atoms with E-state index in [-0.39, 0.29) is 5.91 Å². The van der Waals surface area contributed by atoms with E-state index < -0.39 is 0 Å². The monoisotopic (exact) mass is 354 g/mol. The Bertz CT molecular complexity index is 799. The van der Waals surface area contributed by atoms with Gasteiger partial charge in [0, 0.05) is 46.0 Å². The third kappa shape index (κ3) is 3.94. The number of hydrogen-bond acceptors (Lipinski definition) is 6. The van der Waals surface area contributed by atoms with Gasteiger partial charge in [-0.2, -0.15) is 0 Å². The van der Waals surface area contributed by atoms with Crippen LogP contribution in [0.15, 0.2) is 24.4 Å². The van der Waals surface area contributed by atoms with Crippen molar-refractivity contribution >= 4 is 17.4 Å². The number of nitrogens with zero attached hydrogens (tertiary/aromatic N) is 4. The lowest BCUT2D eigenvalue weighted by Gasteiger charge is -2.36. The Morgan fingerprint density at radius 2 is 1.96 bits per heavy atom. The van der Waals surface area contributed by atoms with Gasteiger partial charge in [0.15, 0.2) is 0 Å². The van der Waals surface area contributed by atoms with Gasteiger partial charge in [0.25, 0.3) is 5.91 Å². The molecule has 0 atom stereocenters. The summed E-state index contributed by atoms with van der Waals surface area (Å²) < 4.78 is 0. The first-order valence-corrected chi connectivity index (χ1v) is 8.86. The van der Waals surface area contributed by atoms with E-state index >= 15 is 0 Å². The van der Waals surface area contributed by atoms with Gasteiger partial charge in [-0.3, -0.25) is 9.69 Å². The third-order valence-corrected chi connectivity index (χ3v) is 4.86.